The Morgan fingerprint density at radius 3 is 3.06 bits per heavy atom. The van der Waals surface area contributed by atoms with E-state index in [2.05, 4.69) is 9.88 Å². The monoisotopic (exact) mass is 220 g/mol. The van der Waals surface area contributed by atoms with Crippen molar-refractivity contribution in [1.29, 1.82) is 0 Å². The highest BCUT2D eigenvalue weighted by Crippen LogP contribution is 2.19. The standard InChI is InChI=1S/C11H16N4O/c12-10-8(2-1-4-14-10)6-15-5-3-9(7-15)11(13)16/h1-2,4,9H,3,5-7H2,(H2,12,14)(H2,13,16). The van der Waals surface area contributed by atoms with Gasteiger partial charge in [-0.15, -0.1) is 0 Å². The molecule has 0 aliphatic carbocycles. The van der Waals surface area contributed by atoms with Gasteiger partial charge in [-0.25, -0.2) is 4.98 Å². The molecule has 5 nitrogen and oxygen atoms in total. The van der Waals surface area contributed by atoms with Gasteiger partial charge in [0.25, 0.3) is 0 Å². The molecule has 16 heavy (non-hydrogen) atoms. The molecule has 2 heterocycles. The Bertz CT molecular complexity index is 393. The first-order valence-electron chi connectivity index (χ1n) is 5.38. The number of nitrogens with two attached hydrogens (primary N) is 2. The summed E-state index contributed by atoms with van der Waals surface area (Å²) >= 11 is 0. The number of nitrogen functional groups attached to an aromatic ring is 1. The average Bonchev–Trinajstić information content (AvgIpc) is 2.70. The number of rotatable bonds is 3. The zero-order chi connectivity index (χ0) is 11.5. The van der Waals surface area contributed by atoms with Gasteiger partial charge in [-0.1, -0.05) is 6.07 Å². The summed E-state index contributed by atoms with van der Waals surface area (Å²) in [6, 6.07) is 3.83. The third kappa shape index (κ3) is 2.30. The van der Waals surface area contributed by atoms with Crippen molar-refractivity contribution >= 4 is 11.7 Å². The van der Waals surface area contributed by atoms with E-state index in [0.717, 1.165) is 31.6 Å². The normalized spacial score (nSPS) is 21.1. The fourth-order valence-electron chi connectivity index (χ4n) is 2.03. The van der Waals surface area contributed by atoms with E-state index in [4.69, 9.17) is 11.5 Å². The van der Waals surface area contributed by atoms with Gasteiger partial charge < -0.3 is 11.5 Å². The highest BCUT2D eigenvalue weighted by atomic mass is 16.1. The molecule has 1 aromatic heterocycles. The first-order valence-corrected chi connectivity index (χ1v) is 5.38. The van der Waals surface area contributed by atoms with Crippen LogP contribution in [0, 0.1) is 5.92 Å². The molecule has 1 aliphatic rings. The Morgan fingerprint density at radius 2 is 2.44 bits per heavy atom. The molecule has 1 atom stereocenters. The van der Waals surface area contributed by atoms with Crippen LogP contribution in [0.25, 0.3) is 0 Å². The number of aromatic nitrogens is 1. The number of hydrogen-bond acceptors (Lipinski definition) is 4. The molecule has 5 heteroatoms. The predicted octanol–water partition coefficient (Wildman–Crippen LogP) is -0.0290. The second-order valence-electron chi connectivity index (χ2n) is 4.17. The van der Waals surface area contributed by atoms with Crippen LogP contribution in [0.3, 0.4) is 0 Å². The summed E-state index contributed by atoms with van der Waals surface area (Å²) in [6.45, 7) is 2.36. The van der Waals surface area contributed by atoms with E-state index >= 15 is 0 Å². The number of anilines is 1. The van der Waals surface area contributed by atoms with Gasteiger partial charge in [-0.05, 0) is 19.0 Å². The molecule has 86 valence electrons. The molecule has 1 aromatic rings. The van der Waals surface area contributed by atoms with E-state index in [1.54, 1.807) is 6.20 Å². The molecule has 1 aliphatic heterocycles. The van der Waals surface area contributed by atoms with Gasteiger partial charge in [0, 0.05) is 24.8 Å². The van der Waals surface area contributed by atoms with E-state index in [9.17, 15) is 4.79 Å². The van der Waals surface area contributed by atoms with Crippen LogP contribution in [0.15, 0.2) is 18.3 Å². The first-order chi connectivity index (χ1) is 7.66. The summed E-state index contributed by atoms with van der Waals surface area (Å²) < 4.78 is 0. The van der Waals surface area contributed by atoms with Gasteiger partial charge >= 0.3 is 0 Å². The van der Waals surface area contributed by atoms with Gasteiger partial charge in [-0.2, -0.15) is 0 Å². The van der Waals surface area contributed by atoms with Crippen LogP contribution in [0.1, 0.15) is 12.0 Å². The largest absolute Gasteiger partial charge is 0.383 e. The number of primary amides is 1. The molecule has 1 unspecified atom stereocenters. The molecular formula is C11H16N4O. The molecule has 1 fully saturated rings. The van der Waals surface area contributed by atoms with Crippen molar-refractivity contribution in [1.82, 2.24) is 9.88 Å². The maximum atomic E-state index is 11.0. The molecule has 2 rings (SSSR count). The lowest BCUT2D eigenvalue weighted by atomic mass is 10.1. The zero-order valence-electron chi connectivity index (χ0n) is 9.10. The summed E-state index contributed by atoms with van der Waals surface area (Å²) in [5.41, 5.74) is 12.1. The van der Waals surface area contributed by atoms with Crippen LogP contribution in [0.4, 0.5) is 5.82 Å². The highest BCUT2D eigenvalue weighted by Gasteiger charge is 2.26. The fraction of sp³-hybridized carbons (Fsp3) is 0.455. The van der Waals surface area contributed by atoms with Crippen LogP contribution in [0.2, 0.25) is 0 Å². The maximum Gasteiger partial charge on any atom is 0.221 e. The lowest BCUT2D eigenvalue weighted by Crippen LogP contribution is -2.27. The van der Waals surface area contributed by atoms with E-state index in [0.29, 0.717) is 5.82 Å². The molecule has 0 radical (unpaired) electrons. The summed E-state index contributed by atoms with van der Waals surface area (Å²) in [7, 11) is 0. The van der Waals surface area contributed by atoms with E-state index in [1.165, 1.54) is 0 Å². The number of carbonyl (C=O) groups excluding carboxylic acids is 1. The second-order valence-corrected chi connectivity index (χ2v) is 4.17. The Hall–Kier alpha value is -1.62. The van der Waals surface area contributed by atoms with Crippen molar-refractivity contribution in [3.8, 4) is 0 Å². The zero-order valence-corrected chi connectivity index (χ0v) is 9.10. The highest BCUT2D eigenvalue weighted by molar-refractivity contribution is 5.77. The Kier molecular flexibility index (Phi) is 3.05. The Morgan fingerprint density at radius 1 is 1.62 bits per heavy atom. The number of likely N-dealkylation sites (tertiary alicyclic amines) is 1. The molecule has 1 saturated heterocycles. The van der Waals surface area contributed by atoms with Crippen molar-refractivity contribution in [3.05, 3.63) is 23.9 Å². The number of hydrogen-bond donors (Lipinski definition) is 2. The molecule has 0 saturated carbocycles. The quantitative estimate of drug-likeness (QED) is 0.749. The Balaban J connectivity index is 1.97. The van der Waals surface area contributed by atoms with Gasteiger partial charge in [0.15, 0.2) is 0 Å². The van der Waals surface area contributed by atoms with Gasteiger partial charge in [0.1, 0.15) is 5.82 Å². The fourth-order valence-corrected chi connectivity index (χ4v) is 2.03. The van der Waals surface area contributed by atoms with Crippen LogP contribution in [0.5, 0.6) is 0 Å². The van der Waals surface area contributed by atoms with E-state index in [1.807, 2.05) is 12.1 Å². The molecule has 0 bridgehead atoms. The average molecular weight is 220 g/mol. The van der Waals surface area contributed by atoms with Crippen molar-refractivity contribution in [2.24, 2.45) is 11.7 Å². The third-order valence-electron chi connectivity index (χ3n) is 2.99. The van der Waals surface area contributed by atoms with Crippen LogP contribution >= 0.6 is 0 Å². The summed E-state index contributed by atoms with van der Waals surface area (Å²) in [5, 5.41) is 0. The van der Waals surface area contributed by atoms with Gasteiger partial charge in [-0.3, -0.25) is 9.69 Å². The van der Waals surface area contributed by atoms with Gasteiger partial charge in [0.2, 0.25) is 5.91 Å². The molecule has 1 amide bonds. The predicted molar refractivity (Wildman–Crippen MR) is 61.2 cm³/mol. The second kappa shape index (κ2) is 4.49. The number of amides is 1. The molecule has 0 aromatic carbocycles. The lowest BCUT2D eigenvalue weighted by molar-refractivity contribution is -0.121. The molecule has 4 N–H and O–H groups in total. The topological polar surface area (TPSA) is 85.2 Å². The SMILES string of the molecule is NC(=O)C1CCN(Cc2cccnc2N)C1. The van der Waals surface area contributed by atoms with Crippen LogP contribution < -0.4 is 11.5 Å². The van der Waals surface area contributed by atoms with E-state index < -0.39 is 0 Å². The molecule has 0 spiro atoms. The third-order valence-corrected chi connectivity index (χ3v) is 2.99. The lowest BCUT2D eigenvalue weighted by Gasteiger charge is -2.15. The number of carbonyl (C=O) groups is 1. The Labute approximate surface area is 94.4 Å². The van der Waals surface area contributed by atoms with Crippen LogP contribution in [-0.4, -0.2) is 28.9 Å². The minimum atomic E-state index is -0.207. The molecular weight excluding hydrogens is 204 g/mol. The number of pyridine rings is 1. The minimum absolute atomic E-state index is 0.0158. The van der Waals surface area contributed by atoms with Crippen molar-refractivity contribution in [2.75, 3.05) is 18.8 Å². The van der Waals surface area contributed by atoms with Gasteiger partial charge in [0.05, 0.1) is 5.92 Å². The summed E-state index contributed by atoms with van der Waals surface area (Å²) in [6.07, 6.45) is 2.52. The van der Waals surface area contributed by atoms with Crippen LogP contribution in [-0.2, 0) is 11.3 Å². The summed E-state index contributed by atoms with van der Waals surface area (Å²) in [4.78, 5) is 17.2. The minimum Gasteiger partial charge on any atom is -0.383 e. The van der Waals surface area contributed by atoms with Crippen molar-refractivity contribution in [2.45, 2.75) is 13.0 Å². The first kappa shape index (κ1) is 10.9. The van der Waals surface area contributed by atoms with E-state index in [-0.39, 0.29) is 11.8 Å². The number of nitrogens with zero attached hydrogens (tertiary/aromatic N) is 2. The summed E-state index contributed by atoms with van der Waals surface area (Å²) in [5.74, 6) is 0.338. The van der Waals surface area contributed by atoms with Crippen molar-refractivity contribution in [3.63, 3.8) is 0 Å². The maximum absolute atomic E-state index is 11.0. The smallest absolute Gasteiger partial charge is 0.221 e. The van der Waals surface area contributed by atoms with Crippen molar-refractivity contribution < 1.29 is 4.79 Å².